The van der Waals surface area contributed by atoms with Crippen LogP contribution in [0.3, 0.4) is 0 Å². The van der Waals surface area contributed by atoms with Gasteiger partial charge in [-0.25, -0.2) is 13.2 Å². The summed E-state index contributed by atoms with van der Waals surface area (Å²) < 4.78 is 39.8. The Morgan fingerprint density at radius 3 is 2.21 bits per heavy atom. The van der Waals surface area contributed by atoms with Gasteiger partial charge in [-0.3, -0.25) is 0 Å². The second-order valence-corrected chi connectivity index (χ2v) is 5.99. The van der Waals surface area contributed by atoms with Crippen molar-refractivity contribution >= 4 is 43.5 Å². The van der Waals surface area contributed by atoms with Gasteiger partial charge in [-0.2, -0.15) is 0 Å². The first-order chi connectivity index (χ1) is 8.90. The molecule has 0 spiro atoms. The number of halogens is 6. The van der Waals surface area contributed by atoms with Crippen LogP contribution in [-0.4, -0.2) is 0 Å². The predicted molar refractivity (Wildman–Crippen MR) is 76.2 cm³/mol. The third-order valence-electron chi connectivity index (χ3n) is 2.55. The van der Waals surface area contributed by atoms with E-state index in [1.165, 1.54) is 18.2 Å². The lowest BCUT2D eigenvalue weighted by Crippen LogP contribution is -1.98. The predicted octanol–water partition coefficient (Wildman–Crippen LogP) is 6.00. The molecule has 0 bridgehead atoms. The molecular formula is C13H6Br2ClF3. The van der Waals surface area contributed by atoms with E-state index in [0.717, 1.165) is 12.1 Å². The molecule has 2 rings (SSSR count). The van der Waals surface area contributed by atoms with Crippen LogP contribution < -0.4 is 0 Å². The maximum absolute atomic E-state index is 13.3. The smallest absolute Gasteiger partial charge is 0.160 e. The Balaban J connectivity index is 2.49. The minimum atomic E-state index is -1.01. The van der Waals surface area contributed by atoms with Crippen molar-refractivity contribution in [3.8, 4) is 0 Å². The van der Waals surface area contributed by atoms with E-state index in [2.05, 4.69) is 31.9 Å². The van der Waals surface area contributed by atoms with Gasteiger partial charge in [0.1, 0.15) is 5.82 Å². The highest BCUT2D eigenvalue weighted by atomic mass is 79.9. The monoisotopic (exact) mass is 412 g/mol. The van der Waals surface area contributed by atoms with Crippen LogP contribution in [0.5, 0.6) is 0 Å². The number of alkyl halides is 1. The van der Waals surface area contributed by atoms with Crippen LogP contribution >= 0.6 is 43.5 Å². The molecule has 0 saturated heterocycles. The van der Waals surface area contributed by atoms with E-state index >= 15 is 0 Å². The highest BCUT2D eigenvalue weighted by molar-refractivity contribution is 9.11. The van der Waals surface area contributed by atoms with Gasteiger partial charge in [-0.15, -0.1) is 0 Å². The van der Waals surface area contributed by atoms with Crippen molar-refractivity contribution in [3.05, 3.63) is 68.4 Å². The Morgan fingerprint density at radius 2 is 1.58 bits per heavy atom. The molecule has 100 valence electrons. The molecule has 0 aliphatic rings. The van der Waals surface area contributed by atoms with Gasteiger partial charge in [-0.05, 0) is 35.4 Å². The molecule has 19 heavy (non-hydrogen) atoms. The van der Waals surface area contributed by atoms with Crippen molar-refractivity contribution in [2.24, 2.45) is 0 Å². The Hall–Kier alpha value is -0.520. The maximum atomic E-state index is 13.3. The summed E-state index contributed by atoms with van der Waals surface area (Å²) in [5.41, 5.74) is 1.03. The van der Waals surface area contributed by atoms with Crippen molar-refractivity contribution in [1.82, 2.24) is 0 Å². The zero-order chi connectivity index (χ0) is 14.2. The second-order valence-electron chi connectivity index (χ2n) is 3.82. The summed E-state index contributed by atoms with van der Waals surface area (Å²) in [6.07, 6.45) is 0. The highest BCUT2D eigenvalue weighted by Crippen LogP contribution is 2.39. The van der Waals surface area contributed by atoms with E-state index < -0.39 is 22.3 Å². The van der Waals surface area contributed by atoms with Crippen molar-refractivity contribution in [3.63, 3.8) is 0 Å². The van der Waals surface area contributed by atoms with Crippen LogP contribution in [-0.2, 0) is 0 Å². The average Bonchev–Trinajstić information content (AvgIpc) is 2.33. The van der Waals surface area contributed by atoms with E-state index in [1.54, 1.807) is 0 Å². The third kappa shape index (κ3) is 3.15. The Labute approximate surface area is 129 Å². The molecule has 0 aromatic heterocycles. The maximum Gasteiger partial charge on any atom is 0.160 e. The molecule has 0 saturated carbocycles. The molecule has 2 aromatic carbocycles. The normalized spacial score (nSPS) is 12.5. The Kier molecular flexibility index (Phi) is 4.58. The fraction of sp³-hybridized carbons (Fsp3) is 0.0769. The minimum absolute atomic E-state index is 0.0944. The number of hydrogen-bond donors (Lipinski definition) is 0. The topological polar surface area (TPSA) is 0 Å². The van der Waals surface area contributed by atoms with Crippen LogP contribution in [0.15, 0.2) is 34.8 Å². The molecule has 0 aliphatic heterocycles. The van der Waals surface area contributed by atoms with Gasteiger partial charge in [-0.1, -0.05) is 49.5 Å². The number of rotatable bonds is 2. The first kappa shape index (κ1) is 14.9. The summed E-state index contributed by atoms with van der Waals surface area (Å²) in [6.45, 7) is 0. The second kappa shape index (κ2) is 5.85. The van der Waals surface area contributed by atoms with E-state index in [1.807, 2.05) is 0 Å². The van der Waals surface area contributed by atoms with Gasteiger partial charge in [0.25, 0.3) is 0 Å². The largest absolute Gasteiger partial charge is 0.207 e. The molecule has 2 aromatic rings. The van der Waals surface area contributed by atoms with Gasteiger partial charge < -0.3 is 0 Å². The van der Waals surface area contributed by atoms with Gasteiger partial charge >= 0.3 is 0 Å². The lowest BCUT2D eigenvalue weighted by Gasteiger charge is -2.14. The number of benzene rings is 2. The summed E-state index contributed by atoms with van der Waals surface area (Å²) in [6, 6.07) is 6.04. The Bertz CT molecular complexity index is 632. The summed E-state index contributed by atoms with van der Waals surface area (Å²) in [5, 5.41) is 0.0944. The lowest BCUT2D eigenvalue weighted by atomic mass is 10.0. The molecule has 0 heterocycles. The summed E-state index contributed by atoms with van der Waals surface area (Å²) in [5.74, 6) is -2.39. The van der Waals surface area contributed by atoms with Gasteiger partial charge in [0.2, 0.25) is 0 Å². The van der Waals surface area contributed by atoms with Crippen LogP contribution in [0.1, 0.15) is 16.0 Å². The molecular weight excluding hydrogens is 408 g/mol. The standard InChI is InChI=1S/C13H6Br2ClF3/c14-9-3-6(17)1-2-7(9)13(15)8-4-11(18)12(19)5-10(8)16/h1-5,13H. The van der Waals surface area contributed by atoms with Crippen LogP contribution in [0, 0.1) is 17.5 Å². The number of hydrogen-bond acceptors (Lipinski definition) is 0. The van der Waals surface area contributed by atoms with Crippen molar-refractivity contribution in [1.29, 1.82) is 0 Å². The zero-order valence-corrected chi connectivity index (χ0v) is 13.2. The lowest BCUT2D eigenvalue weighted by molar-refractivity contribution is 0.507. The molecule has 6 heteroatoms. The molecule has 0 N–H and O–H groups in total. The van der Waals surface area contributed by atoms with E-state index in [0.29, 0.717) is 15.6 Å². The van der Waals surface area contributed by atoms with E-state index in [4.69, 9.17) is 11.6 Å². The zero-order valence-electron chi connectivity index (χ0n) is 9.23. The first-order valence-corrected chi connectivity index (χ1v) is 7.22. The summed E-state index contributed by atoms with van der Waals surface area (Å²) in [7, 11) is 0. The van der Waals surface area contributed by atoms with Crippen molar-refractivity contribution in [2.75, 3.05) is 0 Å². The van der Waals surface area contributed by atoms with Gasteiger partial charge in [0.05, 0.1) is 4.83 Å². The Morgan fingerprint density at radius 1 is 0.947 bits per heavy atom. The first-order valence-electron chi connectivity index (χ1n) is 5.13. The van der Waals surface area contributed by atoms with E-state index in [-0.39, 0.29) is 5.02 Å². The average molecular weight is 414 g/mol. The molecule has 0 fully saturated rings. The highest BCUT2D eigenvalue weighted by Gasteiger charge is 2.19. The SMILES string of the molecule is Fc1ccc(C(Br)c2cc(F)c(F)cc2Cl)c(Br)c1. The van der Waals surface area contributed by atoms with Crippen molar-refractivity contribution < 1.29 is 13.2 Å². The van der Waals surface area contributed by atoms with E-state index in [9.17, 15) is 13.2 Å². The molecule has 0 amide bonds. The van der Waals surface area contributed by atoms with Crippen LogP contribution in [0.25, 0.3) is 0 Å². The fourth-order valence-electron chi connectivity index (χ4n) is 1.61. The minimum Gasteiger partial charge on any atom is -0.207 e. The summed E-state index contributed by atoms with van der Waals surface area (Å²) >= 11 is 12.5. The molecule has 1 unspecified atom stereocenters. The van der Waals surface area contributed by atoms with Crippen LogP contribution in [0.2, 0.25) is 5.02 Å². The van der Waals surface area contributed by atoms with Crippen LogP contribution in [0.4, 0.5) is 13.2 Å². The molecule has 0 aliphatic carbocycles. The fourth-order valence-corrected chi connectivity index (χ4v) is 3.66. The van der Waals surface area contributed by atoms with Gasteiger partial charge in [0, 0.05) is 9.50 Å². The molecule has 0 nitrogen and oxygen atoms in total. The van der Waals surface area contributed by atoms with Gasteiger partial charge in [0.15, 0.2) is 11.6 Å². The van der Waals surface area contributed by atoms with Crippen molar-refractivity contribution in [2.45, 2.75) is 4.83 Å². The third-order valence-corrected chi connectivity index (χ3v) is 4.55. The molecule has 1 atom stereocenters. The summed E-state index contributed by atoms with van der Waals surface area (Å²) in [4.78, 5) is -0.481. The quantitative estimate of drug-likeness (QED) is 0.417. The molecule has 0 radical (unpaired) electrons.